The summed E-state index contributed by atoms with van der Waals surface area (Å²) in [6.45, 7) is 5.13. The molecule has 0 spiro atoms. The van der Waals surface area contributed by atoms with Crippen molar-refractivity contribution >= 4 is 24.7 Å². The van der Waals surface area contributed by atoms with Gasteiger partial charge in [0.2, 0.25) is 11.8 Å². The Morgan fingerprint density at radius 3 is 2.66 bits per heavy atom. The number of nitrogens with zero attached hydrogens (tertiary/aromatic N) is 4. The molecular weight excluding hydrogens is 445 g/mol. The van der Waals surface area contributed by atoms with Gasteiger partial charge in [-0.2, -0.15) is 9.97 Å². The number of anilines is 1. The lowest BCUT2D eigenvalue weighted by atomic mass is 9.93. The third-order valence-corrected chi connectivity index (χ3v) is 8.38. The van der Waals surface area contributed by atoms with Gasteiger partial charge >= 0.3 is 7.60 Å². The number of aliphatic hydroxyl groups is 3. The zero-order valence-corrected chi connectivity index (χ0v) is 19.1. The van der Waals surface area contributed by atoms with Crippen molar-refractivity contribution in [3.05, 3.63) is 6.33 Å². The molecule has 5 N–H and O–H groups in total. The number of aliphatic hydroxyl groups excluding tert-OH is 2. The zero-order chi connectivity index (χ0) is 23.5. The van der Waals surface area contributed by atoms with Crippen molar-refractivity contribution in [3.63, 3.8) is 0 Å². The van der Waals surface area contributed by atoms with Crippen molar-refractivity contribution in [2.45, 2.75) is 75.7 Å². The van der Waals surface area contributed by atoms with Gasteiger partial charge in [0.25, 0.3) is 5.53 Å². The zero-order valence-electron chi connectivity index (χ0n) is 18.2. The average Bonchev–Trinajstić information content (AvgIpc) is 3.01. The van der Waals surface area contributed by atoms with Crippen molar-refractivity contribution in [2.24, 2.45) is 0 Å². The molecule has 0 radical (unpaired) electrons. The van der Waals surface area contributed by atoms with Gasteiger partial charge in [0.1, 0.15) is 12.2 Å². The standard InChI is InChI=1S/C18H28N5O8P/c1-5-17(3,30-32(27)18(26,6-2)31-32)7-9-11(24)12(25)15(29-9)23-8-20-10-13(23)21-16(19)22-14(10)28-4/h8-9,11-12,15,24-26H,5-7H2,1-4H3,(H2,19,21,22). The van der Waals surface area contributed by atoms with Crippen LogP contribution in [0.15, 0.2) is 6.33 Å². The van der Waals surface area contributed by atoms with E-state index in [1.54, 1.807) is 13.8 Å². The van der Waals surface area contributed by atoms with Gasteiger partial charge in [-0.15, -0.1) is 0 Å². The van der Waals surface area contributed by atoms with Crippen molar-refractivity contribution in [1.29, 1.82) is 0 Å². The van der Waals surface area contributed by atoms with Crippen molar-refractivity contribution in [1.82, 2.24) is 19.5 Å². The Morgan fingerprint density at radius 2 is 2.06 bits per heavy atom. The highest BCUT2D eigenvalue weighted by atomic mass is 31.2. The summed E-state index contributed by atoms with van der Waals surface area (Å²) in [4.78, 5) is 12.3. The van der Waals surface area contributed by atoms with Crippen LogP contribution in [0.25, 0.3) is 11.2 Å². The van der Waals surface area contributed by atoms with Gasteiger partial charge in [0, 0.05) is 12.8 Å². The highest BCUT2D eigenvalue weighted by Gasteiger charge is 2.70. The van der Waals surface area contributed by atoms with Crippen molar-refractivity contribution in [2.75, 3.05) is 12.8 Å². The Morgan fingerprint density at radius 1 is 1.34 bits per heavy atom. The predicted octanol–water partition coefficient (Wildman–Crippen LogP) is 0.891. The van der Waals surface area contributed by atoms with Crippen LogP contribution in [0.1, 0.15) is 46.3 Å². The fourth-order valence-electron chi connectivity index (χ4n) is 3.84. The third kappa shape index (κ3) is 3.67. The molecule has 7 unspecified atom stereocenters. The Balaban J connectivity index is 1.57. The summed E-state index contributed by atoms with van der Waals surface area (Å²) in [6.07, 6.45) is -2.52. The maximum Gasteiger partial charge on any atom is 0.393 e. The van der Waals surface area contributed by atoms with Crippen LogP contribution in [0, 0.1) is 0 Å². The second kappa shape index (κ2) is 7.87. The molecule has 2 aliphatic heterocycles. The van der Waals surface area contributed by atoms with Gasteiger partial charge in [0.05, 0.1) is 25.1 Å². The molecule has 0 amide bonds. The van der Waals surface area contributed by atoms with E-state index in [0.29, 0.717) is 11.9 Å². The molecule has 0 aliphatic carbocycles. The summed E-state index contributed by atoms with van der Waals surface area (Å²) in [5.41, 5.74) is 3.50. The Bertz CT molecular complexity index is 1070. The molecule has 7 atom stereocenters. The largest absolute Gasteiger partial charge is 0.479 e. The number of hydrogen-bond acceptors (Lipinski definition) is 12. The summed E-state index contributed by atoms with van der Waals surface area (Å²) in [6, 6.07) is 0. The normalized spacial score (nSPS) is 36.3. The van der Waals surface area contributed by atoms with Gasteiger partial charge in [-0.25, -0.2) is 4.98 Å². The maximum absolute atomic E-state index is 12.7. The van der Waals surface area contributed by atoms with Crippen LogP contribution in [-0.4, -0.2) is 71.4 Å². The van der Waals surface area contributed by atoms with Gasteiger partial charge in [-0.1, -0.05) is 13.8 Å². The first kappa shape index (κ1) is 23.3. The van der Waals surface area contributed by atoms with Crippen LogP contribution >= 0.6 is 7.60 Å². The second-order valence-electron chi connectivity index (χ2n) is 8.25. The van der Waals surface area contributed by atoms with Crippen LogP contribution in [-0.2, 0) is 18.3 Å². The number of imidazole rings is 1. The molecule has 2 aromatic heterocycles. The van der Waals surface area contributed by atoms with E-state index in [9.17, 15) is 19.9 Å². The lowest BCUT2D eigenvalue weighted by Crippen LogP contribution is -2.38. The van der Waals surface area contributed by atoms with E-state index in [1.807, 2.05) is 6.92 Å². The molecule has 13 nitrogen and oxygen atoms in total. The first-order valence-electron chi connectivity index (χ1n) is 10.3. The molecule has 2 aliphatic rings. The molecule has 2 aromatic rings. The average molecular weight is 473 g/mol. The first-order valence-corrected chi connectivity index (χ1v) is 11.8. The summed E-state index contributed by atoms with van der Waals surface area (Å²) in [5.74, 6) is 0.116. The van der Waals surface area contributed by atoms with Gasteiger partial charge < -0.3 is 30.5 Å². The van der Waals surface area contributed by atoms with E-state index < -0.39 is 43.3 Å². The van der Waals surface area contributed by atoms with Gasteiger partial charge in [-0.3, -0.25) is 18.2 Å². The number of hydrogen-bond donors (Lipinski definition) is 4. The molecule has 0 aromatic carbocycles. The lowest BCUT2D eigenvalue weighted by Gasteiger charge is -2.31. The Hall–Kier alpha value is -1.86. The van der Waals surface area contributed by atoms with E-state index in [-0.39, 0.29) is 30.3 Å². The van der Waals surface area contributed by atoms with E-state index in [4.69, 9.17) is 24.3 Å². The molecule has 4 rings (SSSR count). The summed E-state index contributed by atoms with van der Waals surface area (Å²) in [5, 5.41) is 31.5. The SMILES string of the molecule is CCC(C)(CC1OC(n2cnc3c(OC)nc(N)nc32)C(O)C1O)OP1(=O)OC1(O)CC. The molecule has 0 bridgehead atoms. The minimum Gasteiger partial charge on any atom is -0.479 e. The highest BCUT2D eigenvalue weighted by molar-refractivity contribution is 7.61. The van der Waals surface area contributed by atoms with E-state index in [1.165, 1.54) is 18.0 Å². The maximum atomic E-state index is 12.7. The molecular formula is C18H28N5O8P. The number of methoxy groups -OCH3 is 1. The summed E-state index contributed by atoms with van der Waals surface area (Å²) < 4.78 is 36.0. The van der Waals surface area contributed by atoms with E-state index in [2.05, 4.69) is 15.0 Å². The van der Waals surface area contributed by atoms with Crippen LogP contribution in [0.2, 0.25) is 0 Å². The molecule has 178 valence electrons. The third-order valence-electron chi connectivity index (χ3n) is 6.06. The minimum absolute atomic E-state index is 0.0507. The summed E-state index contributed by atoms with van der Waals surface area (Å²) >= 11 is 0. The molecule has 32 heavy (non-hydrogen) atoms. The number of aromatic nitrogens is 4. The van der Waals surface area contributed by atoms with Crippen molar-refractivity contribution < 1.29 is 38.4 Å². The van der Waals surface area contributed by atoms with E-state index in [0.717, 1.165) is 0 Å². The van der Waals surface area contributed by atoms with Crippen molar-refractivity contribution in [3.8, 4) is 5.88 Å². The van der Waals surface area contributed by atoms with Crippen LogP contribution in [0.5, 0.6) is 5.88 Å². The van der Waals surface area contributed by atoms with Gasteiger partial charge in [0.15, 0.2) is 17.4 Å². The monoisotopic (exact) mass is 473 g/mol. The van der Waals surface area contributed by atoms with Crippen LogP contribution in [0.3, 0.4) is 0 Å². The molecule has 0 saturated carbocycles. The number of fused-ring (bicyclic) bond motifs is 1. The number of rotatable bonds is 8. The molecule has 2 saturated heterocycles. The number of nitrogens with two attached hydrogens (primary N) is 1. The quantitative estimate of drug-likeness (QED) is 0.314. The number of nitrogen functional groups attached to an aromatic ring is 1. The van der Waals surface area contributed by atoms with Crippen LogP contribution < -0.4 is 10.5 Å². The summed E-state index contributed by atoms with van der Waals surface area (Å²) in [7, 11) is -2.26. The Labute approximate surface area is 184 Å². The second-order valence-corrected chi connectivity index (χ2v) is 10.3. The minimum atomic E-state index is -3.68. The topological polar surface area (TPSA) is 188 Å². The van der Waals surface area contributed by atoms with Crippen LogP contribution in [0.4, 0.5) is 5.95 Å². The van der Waals surface area contributed by atoms with E-state index >= 15 is 0 Å². The molecule has 4 heterocycles. The fraction of sp³-hybridized carbons (Fsp3) is 0.722. The first-order chi connectivity index (χ1) is 15.0. The number of ether oxygens (including phenoxy) is 2. The molecule has 14 heteroatoms. The Kier molecular flexibility index (Phi) is 5.73. The predicted molar refractivity (Wildman–Crippen MR) is 111 cm³/mol. The highest BCUT2D eigenvalue weighted by Crippen LogP contribution is 2.80. The smallest absolute Gasteiger partial charge is 0.393 e. The van der Waals surface area contributed by atoms with Gasteiger partial charge in [-0.05, 0) is 13.3 Å². The fourth-order valence-corrected chi connectivity index (χ4v) is 5.87. The lowest BCUT2D eigenvalue weighted by molar-refractivity contribution is -0.0631. The molecule has 2 fully saturated rings.